The monoisotopic (exact) mass is 256 g/mol. The highest BCUT2D eigenvalue weighted by molar-refractivity contribution is 5.84. The highest BCUT2D eigenvalue weighted by atomic mass is 16.5. The fraction of sp³-hybridized carbons (Fsp3) is 0.133. The van der Waals surface area contributed by atoms with Crippen molar-refractivity contribution in [1.29, 1.82) is 0 Å². The number of nitrogens with one attached hydrogen (secondary N) is 2. The van der Waals surface area contributed by atoms with Crippen LogP contribution in [-0.4, -0.2) is 13.1 Å². The van der Waals surface area contributed by atoms with Gasteiger partial charge in [0.1, 0.15) is 6.61 Å². The van der Waals surface area contributed by atoms with E-state index < -0.39 is 6.09 Å². The minimum Gasteiger partial charge on any atom is -0.444 e. The van der Waals surface area contributed by atoms with Gasteiger partial charge in [0.2, 0.25) is 0 Å². The average Bonchev–Trinajstić information content (AvgIpc) is 2.47. The van der Waals surface area contributed by atoms with E-state index >= 15 is 0 Å². The summed E-state index contributed by atoms with van der Waals surface area (Å²) in [6.45, 7) is 0.265. The smallest absolute Gasteiger partial charge is 0.411 e. The first-order valence-corrected chi connectivity index (χ1v) is 6.03. The van der Waals surface area contributed by atoms with Crippen LogP contribution < -0.4 is 10.6 Å². The highest BCUT2D eigenvalue weighted by Crippen LogP contribution is 2.13. The predicted octanol–water partition coefficient (Wildman–Crippen LogP) is 3.48. The minimum absolute atomic E-state index is 0.265. The third-order valence-corrected chi connectivity index (χ3v) is 2.63. The molecule has 19 heavy (non-hydrogen) atoms. The molecule has 0 aliphatic rings. The summed E-state index contributed by atoms with van der Waals surface area (Å²) >= 11 is 0. The molecule has 2 N–H and O–H groups in total. The number of ether oxygens (including phenoxy) is 1. The first kappa shape index (κ1) is 13.0. The Morgan fingerprint density at radius 1 is 1.00 bits per heavy atom. The second-order valence-corrected chi connectivity index (χ2v) is 4.01. The molecule has 0 unspecified atom stereocenters. The largest absolute Gasteiger partial charge is 0.444 e. The number of benzene rings is 2. The maximum absolute atomic E-state index is 11.6. The predicted molar refractivity (Wildman–Crippen MR) is 76.2 cm³/mol. The van der Waals surface area contributed by atoms with E-state index in [-0.39, 0.29) is 6.61 Å². The quantitative estimate of drug-likeness (QED) is 0.880. The van der Waals surface area contributed by atoms with Gasteiger partial charge in [0.05, 0.1) is 0 Å². The van der Waals surface area contributed by atoms with Crippen molar-refractivity contribution in [2.45, 2.75) is 6.61 Å². The Bertz CT molecular complexity index is 524. The van der Waals surface area contributed by atoms with E-state index in [2.05, 4.69) is 10.6 Å². The molecule has 0 saturated heterocycles. The lowest BCUT2D eigenvalue weighted by atomic mass is 10.2. The van der Waals surface area contributed by atoms with E-state index in [0.717, 1.165) is 11.3 Å². The molecule has 0 bridgehead atoms. The van der Waals surface area contributed by atoms with Gasteiger partial charge in [-0.15, -0.1) is 0 Å². The van der Waals surface area contributed by atoms with Gasteiger partial charge in [-0.05, 0) is 29.8 Å². The lowest BCUT2D eigenvalue weighted by Gasteiger charge is -2.07. The van der Waals surface area contributed by atoms with E-state index in [4.69, 9.17) is 4.74 Å². The molecule has 0 heterocycles. The van der Waals surface area contributed by atoms with E-state index in [1.807, 2.05) is 61.6 Å². The molecule has 4 nitrogen and oxygen atoms in total. The number of amides is 1. The lowest BCUT2D eigenvalue weighted by Crippen LogP contribution is -2.13. The first-order valence-electron chi connectivity index (χ1n) is 6.03. The molecule has 98 valence electrons. The third kappa shape index (κ3) is 4.03. The molecule has 2 rings (SSSR count). The van der Waals surface area contributed by atoms with Crippen LogP contribution in [0.3, 0.4) is 0 Å². The maximum Gasteiger partial charge on any atom is 0.411 e. The molecule has 2 aromatic carbocycles. The van der Waals surface area contributed by atoms with Crippen molar-refractivity contribution < 1.29 is 9.53 Å². The number of anilines is 2. The van der Waals surface area contributed by atoms with E-state index in [1.165, 1.54) is 0 Å². The molecule has 0 aromatic heterocycles. The van der Waals surface area contributed by atoms with Crippen LogP contribution in [0, 0.1) is 0 Å². The van der Waals surface area contributed by atoms with Crippen LogP contribution in [0.2, 0.25) is 0 Å². The fourth-order valence-corrected chi connectivity index (χ4v) is 1.60. The summed E-state index contributed by atoms with van der Waals surface area (Å²) in [5, 5.41) is 5.68. The summed E-state index contributed by atoms with van der Waals surface area (Å²) in [7, 11) is 1.84. The standard InChI is InChI=1S/C15H16N2O2/c1-16-13-7-9-14(10-8-13)17-15(18)19-11-12-5-3-2-4-6-12/h2-10,16H,11H2,1H3,(H,17,18). The Morgan fingerprint density at radius 2 is 1.63 bits per heavy atom. The normalized spacial score (nSPS) is 9.74. The van der Waals surface area contributed by atoms with Crippen LogP contribution >= 0.6 is 0 Å². The Kier molecular flexibility index (Phi) is 4.39. The first-order chi connectivity index (χ1) is 9.28. The van der Waals surface area contributed by atoms with E-state index in [0.29, 0.717) is 5.69 Å². The van der Waals surface area contributed by atoms with Gasteiger partial charge in [0.25, 0.3) is 0 Å². The fourth-order valence-electron chi connectivity index (χ4n) is 1.60. The van der Waals surface area contributed by atoms with Gasteiger partial charge in [-0.25, -0.2) is 4.79 Å². The Hall–Kier alpha value is -2.49. The SMILES string of the molecule is CNc1ccc(NC(=O)OCc2ccccc2)cc1. The molecule has 0 fully saturated rings. The highest BCUT2D eigenvalue weighted by Gasteiger charge is 2.03. The van der Waals surface area contributed by atoms with Gasteiger partial charge >= 0.3 is 6.09 Å². The van der Waals surface area contributed by atoms with Crippen LogP contribution in [0.4, 0.5) is 16.2 Å². The van der Waals surface area contributed by atoms with Gasteiger partial charge < -0.3 is 10.1 Å². The molecule has 0 aliphatic carbocycles. The van der Waals surface area contributed by atoms with Crippen molar-refractivity contribution in [2.24, 2.45) is 0 Å². The van der Waals surface area contributed by atoms with Gasteiger partial charge in [-0.2, -0.15) is 0 Å². The van der Waals surface area contributed by atoms with Gasteiger partial charge in [-0.1, -0.05) is 30.3 Å². The molecular formula is C15H16N2O2. The summed E-state index contributed by atoms with van der Waals surface area (Å²) in [5.41, 5.74) is 2.66. The lowest BCUT2D eigenvalue weighted by molar-refractivity contribution is 0.155. The number of rotatable bonds is 4. The molecule has 4 heteroatoms. The number of hydrogen-bond donors (Lipinski definition) is 2. The second-order valence-electron chi connectivity index (χ2n) is 4.01. The van der Waals surface area contributed by atoms with E-state index in [1.54, 1.807) is 0 Å². The van der Waals surface area contributed by atoms with E-state index in [9.17, 15) is 4.79 Å². The van der Waals surface area contributed by atoms with Crippen LogP contribution in [-0.2, 0) is 11.3 Å². The number of carbonyl (C=O) groups is 1. The Morgan fingerprint density at radius 3 is 2.26 bits per heavy atom. The number of carbonyl (C=O) groups excluding carboxylic acids is 1. The van der Waals surface area contributed by atoms with Gasteiger partial charge in [0.15, 0.2) is 0 Å². The molecule has 2 aromatic rings. The zero-order valence-electron chi connectivity index (χ0n) is 10.7. The van der Waals surface area contributed by atoms with Crippen molar-refractivity contribution in [3.63, 3.8) is 0 Å². The van der Waals surface area contributed by atoms with Crippen molar-refractivity contribution in [3.8, 4) is 0 Å². The molecule has 0 radical (unpaired) electrons. The van der Waals surface area contributed by atoms with Crippen LogP contribution in [0.5, 0.6) is 0 Å². The van der Waals surface area contributed by atoms with Crippen molar-refractivity contribution >= 4 is 17.5 Å². The Balaban J connectivity index is 1.83. The maximum atomic E-state index is 11.6. The minimum atomic E-state index is -0.457. The van der Waals surface area contributed by atoms with Crippen molar-refractivity contribution in [1.82, 2.24) is 0 Å². The molecule has 1 amide bonds. The summed E-state index contributed by atoms with van der Waals surface area (Å²) in [6, 6.07) is 17.0. The summed E-state index contributed by atoms with van der Waals surface area (Å²) in [5.74, 6) is 0. The van der Waals surface area contributed by atoms with Gasteiger partial charge in [0, 0.05) is 18.4 Å². The van der Waals surface area contributed by atoms with Gasteiger partial charge in [-0.3, -0.25) is 5.32 Å². The van der Waals surface area contributed by atoms with Crippen LogP contribution in [0.1, 0.15) is 5.56 Å². The van der Waals surface area contributed by atoms with Crippen LogP contribution in [0.25, 0.3) is 0 Å². The molecule has 0 aliphatic heterocycles. The summed E-state index contributed by atoms with van der Waals surface area (Å²) < 4.78 is 5.12. The zero-order valence-corrected chi connectivity index (χ0v) is 10.7. The zero-order chi connectivity index (χ0) is 13.5. The topological polar surface area (TPSA) is 50.4 Å². The molecule has 0 atom stereocenters. The van der Waals surface area contributed by atoms with Crippen molar-refractivity contribution in [3.05, 3.63) is 60.2 Å². The molecule has 0 spiro atoms. The molecule has 0 saturated carbocycles. The van der Waals surface area contributed by atoms with Crippen LogP contribution in [0.15, 0.2) is 54.6 Å². The summed E-state index contributed by atoms with van der Waals surface area (Å²) in [4.78, 5) is 11.6. The Labute approximate surface area is 112 Å². The second kappa shape index (κ2) is 6.44. The summed E-state index contributed by atoms with van der Waals surface area (Å²) in [6.07, 6.45) is -0.457. The van der Waals surface area contributed by atoms with Crippen molar-refractivity contribution in [2.75, 3.05) is 17.7 Å². The molecular weight excluding hydrogens is 240 g/mol. The third-order valence-electron chi connectivity index (χ3n) is 2.63. The number of hydrogen-bond acceptors (Lipinski definition) is 3. The average molecular weight is 256 g/mol.